The number of aromatic nitrogens is 6. The van der Waals surface area contributed by atoms with E-state index >= 15 is 0 Å². The van der Waals surface area contributed by atoms with E-state index in [0.29, 0.717) is 5.69 Å². The molecule has 112 valence electrons. The first-order valence-electron chi connectivity index (χ1n) is 6.95. The van der Waals surface area contributed by atoms with Crippen LogP contribution < -0.4 is 0 Å². The SMILES string of the molecule is CCc1nn(-c2cnc(F)nc2)cc1-c1cnc(C)nc1C. The second-order valence-corrected chi connectivity index (χ2v) is 4.91. The van der Waals surface area contributed by atoms with Crippen molar-refractivity contribution in [2.24, 2.45) is 0 Å². The average molecular weight is 298 g/mol. The molecule has 0 aliphatic rings. The third kappa shape index (κ3) is 2.57. The van der Waals surface area contributed by atoms with Crippen molar-refractivity contribution in [1.82, 2.24) is 29.7 Å². The molecule has 0 saturated heterocycles. The minimum absolute atomic E-state index is 0.605. The Balaban J connectivity index is 2.10. The van der Waals surface area contributed by atoms with Gasteiger partial charge in [-0.2, -0.15) is 9.49 Å². The first kappa shape index (κ1) is 14.2. The minimum atomic E-state index is -0.755. The van der Waals surface area contributed by atoms with Gasteiger partial charge in [0.15, 0.2) is 0 Å². The lowest BCUT2D eigenvalue weighted by Gasteiger charge is -2.04. The molecule has 7 heteroatoms. The zero-order valence-electron chi connectivity index (χ0n) is 12.6. The highest BCUT2D eigenvalue weighted by atomic mass is 19.1. The molecule has 0 fully saturated rings. The molecule has 3 rings (SSSR count). The number of hydrogen-bond donors (Lipinski definition) is 0. The highest BCUT2D eigenvalue weighted by Gasteiger charge is 2.14. The zero-order valence-corrected chi connectivity index (χ0v) is 12.6. The molecule has 0 bridgehead atoms. The molecule has 3 aromatic rings. The van der Waals surface area contributed by atoms with Gasteiger partial charge in [0, 0.05) is 29.2 Å². The molecule has 0 saturated carbocycles. The lowest BCUT2D eigenvalue weighted by molar-refractivity contribution is 0.536. The maximum Gasteiger partial charge on any atom is 0.308 e. The van der Waals surface area contributed by atoms with Gasteiger partial charge in [-0.15, -0.1) is 0 Å². The summed E-state index contributed by atoms with van der Waals surface area (Å²) in [5, 5.41) is 4.53. The van der Waals surface area contributed by atoms with Gasteiger partial charge in [-0.3, -0.25) is 0 Å². The summed E-state index contributed by atoms with van der Waals surface area (Å²) in [6.07, 6.45) is 6.48. The topological polar surface area (TPSA) is 69.4 Å². The number of aryl methyl sites for hydroxylation is 3. The largest absolute Gasteiger partial charge is 0.308 e. The summed E-state index contributed by atoms with van der Waals surface area (Å²) in [6, 6.07) is 0. The van der Waals surface area contributed by atoms with E-state index in [1.807, 2.05) is 27.0 Å². The molecule has 0 radical (unpaired) electrons. The summed E-state index contributed by atoms with van der Waals surface area (Å²) in [4.78, 5) is 15.8. The summed E-state index contributed by atoms with van der Waals surface area (Å²) in [6.45, 7) is 5.83. The molecule has 0 aliphatic carbocycles. The van der Waals surface area contributed by atoms with E-state index in [1.54, 1.807) is 10.9 Å². The van der Waals surface area contributed by atoms with Gasteiger partial charge in [-0.05, 0) is 20.3 Å². The number of halogens is 1. The Bertz CT molecular complexity index is 809. The van der Waals surface area contributed by atoms with Crippen LogP contribution in [-0.2, 0) is 6.42 Å². The minimum Gasteiger partial charge on any atom is -0.241 e. The van der Waals surface area contributed by atoms with Crippen molar-refractivity contribution in [3.05, 3.63) is 48.1 Å². The second-order valence-electron chi connectivity index (χ2n) is 4.91. The summed E-state index contributed by atoms with van der Waals surface area (Å²) >= 11 is 0. The molecule has 6 nitrogen and oxygen atoms in total. The average Bonchev–Trinajstić information content (AvgIpc) is 2.92. The van der Waals surface area contributed by atoms with Crippen LogP contribution in [0.3, 0.4) is 0 Å². The maximum atomic E-state index is 12.8. The van der Waals surface area contributed by atoms with E-state index in [2.05, 4.69) is 25.0 Å². The predicted octanol–water partition coefficient (Wildman–Crippen LogP) is 2.44. The molecule has 0 aromatic carbocycles. The smallest absolute Gasteiger partial charge is 0.241 e. The summed E-state index contributed by atoms with van der Waals surface area (Å²) in [7, 11) is 0. The van der Waals surface area contributed by atoms with E-state index in [-0.39, 0.29) is 0 Å². The Hall–Kier alpha value is -2.70. The normalized spacial score (nSPS) is 10.9. The van der Waals surface area contributed by atoms with Gasteiger partial charge in [0.05, 0.1) is 18.1 Å². The van der Waals surface area contributed by atoms with Crippen LogP contribution in [-0.4, -0.2) is 29.7 Å². The summed E-state index contributed by atoms with van der Waals surface area (Å²) in [5.74, 6) is 0.735. The van der Waals surface area contributed by atoms with Crippen molar-refractivity contribution < 1.29 is 4.39 Å². The van der Waals surface area contributed by atoms with E-state index in [1.165, 1.54) is 12.4 Å². The lowest BCUT2D eigenvalue weighted by atomic mass is 10.1. The Kier molecular flexibility index (Phi) is 3.62. The quantitative estimate of drug-likeness (QED) is 0.695. The van der Waals surface area contributed by atoms with Gasteiger partial charge < -0.3 is 0 Å². The molecule has 0 unspecified atom stereocenters. The molecule has 3 aromatic heterocycles. The molecular formula is C15H15FN6. The number of hydrogen-bond acceptors (Lipinski definition) is 5. The van der Waals surface area contributed by atoms with Crippen LogP contribution in [0.5, 0.6) is 0 Å². The van der Waals surface area contributed by atoms with Crippen molar-refractivity contribution in [2.75, 3.05) is 0 Å². The van der Waals surface area contributed by atoms with Crippen molar-refractivity contribution in [1.29, 1.82) is 0 Å². The highest BCUT2D eigenvalue weighted by Crippen LogP contribution is 2.26. The second kappa shape index (κ2) is 5.59. The van der Waals surface area contributed by atoms with Crippen molar-refractivity contribution in [3.63, 3.8) is 0 Å². The lowest BCUT2D eigenvalue weighted by Crippen LogP contribution is -1.99. The molecule has 0 atom stereocenters. The predicted molar refractivity (Wildman–Crippen MR) is 79.0 cm³/mol. The van der Waals surface area contributed by atoms with E-state index in [9.17, 15) is 4.39 Å². The van der Waals surface area contributed by atoms with Gasteiger partial charge in [0.2, 0.25) is 0 Å². The zero-order chi connectivity index (χ0) is 15.7. The molecule has 22 heavy (non-hydrogen) atoms. The van der Waals surface area contributed by atoms with Crippen LogP contribution in [0.25, 0.3) is 16.8 Å². The Morgan fingerprint density at radius 1 is 1.05 bits per heavy atom. The Morgan fingerprint density at radius 3 is 2.41 bits per heavy atom. The highest BCUT2D eigenvalue weighted by molar-refractivity contribution is 5.67. The van der Waals surface area contributed by atoms with Gasteiger partial charge in [0.1, 0.15) is 11.5 Å². The first-order valence-corrected chi connectivity index (χ1v) is 6.95. The molecule has 0 spiro atoms. The van der Waals surface area contributed by atoms with Crippen LogP contribution in [0.1, 0.15) is 24.1 Å². The molecule has 0 amide bonds. The molecular weight excluding hydrogens is 283 g/mol. The van der Waals surface area contributed by atoms with Gasteiger partial charge >= 0.3 is 6.08 Å². The maximum absolute atomic E-state index is 12.8. The van der Waals surface area contributed by atoms with Gasteiger partial charge in [-0.1, -0.05) is 6.92 Å². The standard InChI is InChI=1S/C15H15FN6/c1-4-14-13(12-7-17-10(3)20-9(12)2)8-22(21-14)11-5-18-15(16)19-6-11/h5-8H,4H2,1-3H3. The number of nitrogens with zero attached hydrogens (tertiary/aromatic N) is 6. The van der Waals surface area contributed by atoms with Crippen LogP contribution in [0.2, 0.25) is 0 Å². The first-order chi connectivity index (χ1) is 10.6. The molecule has 3 heterocycles. The third-order valence-corrected chi connectivity index (χ3v) is 3.39. The Morgan fingerprint density at radius 2 is 1.77 bits per heavy atom. The van der Waals surface area contributed by atoms with Crippen molar-refractivity contribution in [2.45, 2.75) is 27.2 Å². The fraction of sp³-hybridized carbons (Fsp3) is 0.267. The van der Waals surface area contributed by atoms with Crippen LogP contribution >= 0.6 is 0 Å². The van der Waals surface area contributed by atoms with E-state index in [0.717, 1.165) is 34.8 Å². The summed E-state index contributed by atoms with van der Waals surface area (Å²) < 4.78 is 14.5. The molecule has 0 N–H and O–H groups in total. The van der Waals surface area contributed by atoms with E-state index < -0.39 is 6.08 Å². The molecule has 0 aliphatic heterocycles. The third-order valence-electron chi connectivity index (χ3n) is 3.39. The number of rotatable bonds is 3. The van der Waals surface area contributed by atoms with Crippen molar-refractivity contribution in [3.8, 4) is 16.8 Å². The van der Waals surface area contributed by atoms with Crippen LogP contribution in [0.15, 0.2) is 24.8 Å². The van der Waals surface area contributed by atoms with E-state index in [4.69, 9.17) is 0 Å². The fourth-order valence-corrected chi connectivity index (χ4v) is 2.30. The van der Waals surface area contributed by atoms with Gasteiger partial charge in [-0.25, -0.2) is 24.6 Å². The van der Waals surface area contributed by atoms with Crippen LogP contribution in [0.4, 0.5) is 4.39 Å². The van der Waals surface area contributed by atoms with Crippen LogP contribution in [0, 0.1) is 19.9 Å². The fourth-order valence-electron chi connectivity index (χ4n) is 2.30. The monoisotopic (exact) mass is 298 g/mol. The van der Waals surface area contributed by atoms with Gasteiger partial charge in [0.25, 0.3) is 0 Å². The Labute approximate surface area is 127 Å². The van der Waals surface area contributed by atoms with Crippen molar-refractivity contribution >= 4 is 0 Å². The summed E-state index contributed by atoms with van der Waals surface area (Å²) in [5.41, 5.74) is 4.33.